The smallest absolute Gasteiger partial charge is 0.326 e. The number of aryl methyl sites for hydroxylation is 1. The number of aliphatic imine (C=N–C) groups is 1. The molecule has 1 aliphatic rings. The third-order valence-electron chi connectivity index (χ3n) is 10.6. The van der Waals surface area contributed by atoms with Crippen LogP contribution in [0.2, 0.25) is 0 Å². The van der Waals surface area contributed by atoms with Gasteiger partial charge in [-0.05, 0) is 83.4 Å². The lowest BCUT2D eigenvalue weighted by atomic mass is 10.0. The Kier molecular flexibility index (Phi) is 18.3. The highest BCUT2D eigenvalue weighted by Crippen LogP contribution is 2.38. The molecule has 0 radical (unpaired) electrons. The van der Waals surface area contributed by atoms with E-state index in [1.54, 1.807) is 24.3 Å². The van der Waals surface area contributed by atoms with Gasteiger partial charge in [0.15, 0.2) is 5.96 Å². The lowest BCUT2D eigenvalue weighted by molar-refractivity contribution is -0.383. The first-order chi connectivity index (χ1) is 30.0. The summed E-state index contributed by atoms with van der Waals surface area (Å²) in [6.07, 6.45) is 0.851. The number of nitrogens with zero attached hydrogens (tertiary/aromatic N) is 4. The van der Waals surface area contributed by atoms with E-state index in [4.69, 9.17) is 17.2 Å². The second kappa shape index (κ2) is 23.5. The second-order valence-electron chi connectivity index (χ2n) is 15.4. The summed E-state index contributed by atoms with van der Waals surface area (Å²) in [5.74, 6) is -4.83. The van der Waals surface area contributed by atoms with Gasteiger partial charge >= 0.3 is 5.97 Å². The minimum Gasteiger partial charge on any atom is -0.480 e. The fourth-order valence-electron chi connectivity index (χ4n) is 7.34. The number of amides is 5. The summed E-state index contributed by atoms with van der Waals surface area (Å²) in [6, 6.07) is 5.40. The molecule has 3 aromatic rings. The third-order valence-corrected chi connectivity index (χ3v) is 10.6. The van der Waals surface area contributed by atoms with Gasteiger partial charge in [-0.1, -0.05) is 24.3 Å². The number of nitrogens with one attached hydrogen (secondary N) is 5. The number of guanidine groups is 1. The van der Waals surface area contributed by atoms with Crippen LogP contribution in [0.25, 0.3) is 21.8 Å². The number of fused-ring (bicyclic) bond motifs is 2. The number of non-ortho nitro benzene ring substituents is 1. The maximum Gasteiger partial charge on any atom is 0.326 e. The van der Waals surface area contributed by atoms with Crippen LogP contribution in [-0.2, 0) is 28.8 Å². The number of anilines is 1. The number of nitro groups is 1. The molecule has 342 valence electrons. The van der Waals surface area contributed by atoms with Gasteiger partial charge in [-0.25, -0.2) is 9.78 Å². The molecule has 0 aliphatic carbocycles. The van der Waals surface area contributed by atoms with Gasteiger partial charge in [-0.2, -0.15) is 0 Å². The molecule has 1 saturated heterocycles. The Hall–Kier alpha value is -6.68. The van der Waals surface area contributed by atoms with Crippen LogP contribution in [0.15, 0.2) is 41.4 Å². The molecule has 0 saturated carbocycles. The number of hydrogen-bond donors (Lipinski definition) is 10. The Bertz CT molecular complexity index is 2180. The summed E-state index contributed by atoms with van der Waals surface area (Å²) < 4.78 is 0. The predicted molar refractivity (Wildman–Crippen MR) is 234 cm³/mol. The van der Waals surface area contributed by atoms with Crippen LogP contribution < -0.4 is 43.8 Å². The summed E-state index contributed by atoms with van der Waals surface area (Å²) in [5.41, 5.74) is 18.5. The number of pyridine rings is 1. The molecule has 63 heavy (non-hydrogen) atoms. The molecule has 4 rings (SSSR count). The molecule has 0 spiro atoms. The number of nitro benzene ring substituents is 1. The van der Waals surface area contributed by atoms with E-state index < -0.39 is 77.2 Å². The summed E-state index contributed by atoms with van der Waals surface area (Å²) in [4.78, 5) is 99.6. The highest BCUT2D eigenvalue weighted by atomic mass is 16.6. The van der Waals surface area contributed by atoms with Gasteiger partial charge in [0.2, 0.25) is 29.5 Å². The molecule has 0 bridgehead atoms. The molecule has 5 amide bonds. The normalized spacial score (nSPS) is 15.4. The molecule has 13 N–H and O–H groups in total. The Labute approximate surface area is 363 Å². The molecule has 2 aromatic carbocycles. The molecule has 22 nitrogen and oxygen atoms in total. The van der Waals surface area contributed by atoms with E-state index in [1.807, 2.05) is 13.0 Å². The molecule has 1 fully saturated rings. The Morgan fingerprint density at radius 1 is 0.984 bits per heavy atom. The molecule has 0 unspecified atom stereocenters. The fourth-order valence-corrected chi connectivity index (χ4v) is 7.34. The van der Waals surface area contributed by atoms with Gasteiger partial charge in [0.25, 0.3) is 5.69 Å². The predicted octanol–water partition coefficient (Wildman–Crippen LogP) is 0.00632. The number of carbonyl (C=O) groups is 6. The number of unbranched alkanes of at least 4 members (excludes halogenated alkanes) is 1. The summed E-state index contributed by atoms with van der Waals surface area (Å²) in [7, 11) is 0. The van der Waals surface area contributed by atoms with Crippen LogP contribution >= 0.6 is 0 Å². The first kappa shape index (κ1) is 49.0. The average Bonchev–Trinajstić information content (AvgIpc) is 3.74. The van der Waals surface area contributed by atoms with Crippen molar-refractivity contribution in [1.82, 2.24) is 31.2 Å². The number of aliphatic hydroxyl groups is 1. The van der Waals surface area contributed by atoms with E-state index in [0.717, 1.165) is 5.56 Å². The number of nitrogens with two attached hydrogens (primary N) is 3. The quantitative estimate of drug-likeness (QED) is 0.0141. The number of para-hydroxylation sites is 1. The van der Waals surface area contributed by atoms with E-state index in [1.165, 1.54) is 17.9 Å². The maximum absolute atomic E-state index is 13.5. The van der Waals surface area contributed by atoms with Gasteiger partial charge < -0.3 is 58.9 Å². The second-order valence-corrected chi connectivity index (χ2v) is 15.4. The number of carboxylic acid groups (broad SMARTS) is 1. The zero-order chi connectivity index (χ0) is 46.2. The van der Waals surface area contributed by atoms with Gasteiger partial charge in [0.05, 0.1) is 34.3 Å². The van der Waals surface area contributed by atoms with E-state index in [9.17, 15) is 49.1 Å². The van der Waals surface area contributed by atoms with Crippen molar-refractivity contribution in [2.45, 2.75) is 102 Å². The molecule has 1 aliphatic heterocycles. The molecular weight excluding hydrogens is 821 g/mol. The Morgan fingerprint density at radius 2 is 1.71 bits per heavy atom. The fraction of sp³-hybridized carbons (Fsp3) is 0.512. The van der Waals surface area contributed by atoms with Crippen molar-refractivity contribution in [1.29, 1.82) is 0 Å². The highest BCUT2D eigenvalue weighted by molar-refractivity contribution is 6.12. The first-order valence-electron chi connectivity index (χ1n) is 20.9. The highest BCUT2D eigenvalue weighted by Gasteiger charge is 2.36. The Balaban J connectivity index is 1.34. The zero-order valence-electron chi connectivity index (χ0n) is 35.4. The first-order valence-corrected chi connectivity index (χ1v) is 20.9. The number of hydrogen-bond acceptors (Lipinski definition) is 13. The number of benzene rings is 2. The van der Waals surface area contributed by atoms with Gasteiger partial charge in [0, 0.05) is 37.5 Å². The molecule has 1 aromatic heterocycles. The minimum absolute atomic E-state index is 0.0430. The lowest BCUT2D eigenvalue weighted by Gasteiger charge is -2.27. The van der Waals surface area contributed by atoms with E-state index in [2.05, 4.69) is 36.6 Å². The average molecular weight is 879 g/mol. The van der Waals surface area contributed by atoms with Gasteiger partial charge in [0.1, 0.15) is 29.6 Å². The number of aromatic nitrogens is 1. The van der Waals surface area contributed by atoms with Crippen LogP contribution in [0.4, 0.5) is 11.4 Å². The van der Waals surface area contributed by atoms with Crippen LogP contribution in [0.3, 0.4) is 0 Å². The largest absolute Gasteiger partial charge is 0.480 e. The van der Waals surface area contributed by atoms with Crippen molar-refractivity contribution in [3.63, 3.8) is 0 Å². The van der Waals surface area contributed by atoms with E-state index in [0.29, 0.717) is 53.3 Å². The number of aliphatic hydroxyl groups excluding tert-OH is 1. The standard InChI is InChI=1S/C41H58N12O10/c1-23-16-17-29(53(62)63)33-34(23)48-26-11-4-3-10-25(26)36(33)45-19-8-15-31(55)51-35(24(2)54)39(59)49-27(12-5-6-18-42)37(57)47-22-32(56)52-21-9-14-30(52)38(58)50-28(40(60)61)13-7-20-46-41(43)44/h3-4,10-11,16-17,24,27-28,30,35,54H,5-9,12-15,18-22,42H2,1-2H3,(H,45,48)(H,47,57)(H,49,59)(H,50,58)(H,51,55)(H,60,61)(H4,43,44,46)/t24-,27+,28+,30+,35+/m1/s1. The SMILES string of the molecule is Cc1ccc([N+](=O)[O-])c2c(NCCCC(=O)N[C@H](C(=O)N[C@@H](CCCCN)C(=O)NCC(=O)N3CCC[C@H]3C(=O)N[C@@H](CCCN=C(N)N)C(=O)O)[C@@H](C)O)c3ccccc3nc12. The van der Waals surface area contributed by atoms with Crippen molar-refractivity contribution in [3.05, 3.63) is 52.1 Å². The van der Waals surface area contributed by atoms with Crippen molar-refractivity contribution in [3.8, 4) is 0 Å². The van der Waals surface area contributed by atoms with Crippen molar-refractivity contribution in [2.75, 3.05) is 38.0 Å². The number of carboxylic acids is 1. The van der Waals surface area contributed by atoms with Crippen LogP contribution in [-0.4, -0.2) is 129 Å². The number of rotatable bonds is 24. The lowest BCUT2D eigenvalue weighted by Crippen LogP contribution is -2.57. The monoisotopic (exact) mass is 878 g/mol. The number of carbonyl (C=O) groups excluding carboxylic acids is 5. The minimum atomic E-state index is -1.46. The summed E-state index contributed by atoms with van der Waals surface area (Å²) >= 11 is 0. The van der Waals surface area contributed by atoms with Crippen molar-refractivity contribution in [2.24, 2.45) is 22.2 Å². The molecular formula is C41H58N12O10. The zero-order valence-corrected chi connectivity index (χ0v) is 35.4. The Morgan fingerprint density at radius 3 is 2.40 bits per heavy atom. The van der Waals surface area contributed by atoms with Crippen molar-refractivity contribution >= 4 is 74.6 Å². The maximum atomic E-state index is 13.5. The van der Waals surface area contributed by atoms with Gasteiger partial charge in [-0.15, -0.1) is 0 Å². The number of aliphatic carboxylic acids is 1. The van der Waals surface area contributed by atoms with Crippen LogP contribution in [0, 0.1) is 17.0 Å². The van der Waals surface area contributed by atoms with E-state index in [-0.39, 0.29) is 69.8 Å². The molecule has 5 atom stereocenters. The van der Waals surface area contributed by atoms with Crippen molar-refractivity contribution < 1.29 is 43.9 Å². The van der Waals surface area contributed by atoms with E-state index >= 15 is 0 Å². The van der Waals surface area contributed by atoms with Crippen LogP contribution in [0.5, 0.6) is 0 Å². The molecule has 2 heterocycles. The third kappa shape index (κ3) is 13.7. The topological polar surface area (TPSA) is 353 Å². The van der Waals surface area contributed by atoms with Gasteiger partial charge in [-0.3, -0.25) is 39.1 Å². The summed E-state index contributed by atoms with van der Waals surface area (Å²) in [6.45, 7) is 3.46. The molecule has 22 heteroatoms. The summed E-state index contributed by atoms with van der Waals surface area (Å²) in [5, 5.41) is 46.5. The van der Waals surface area contributed by atoms with Crippen LogP contribution in [0.1, 0.15) is 70.3 Å². The number of likely N-dealkylation sites (tertiary alicyclic amines) is 1.